The summed E-state index contributed by atoms with van der Waals surface area (Å²) in [5.74, 6) is 1.62. The molecule has 3 N–H and O–H groups in total. The molecule has 0 saturated heterocycles. The molecule has 2 unspecified atom stereocenters. The Morgan fingerprint density at radius 2 is 1.86 bits per heavy atom. The minimum absolute atomic E-state index is 0.0832. The van der Waals surface area contributed by atoms with Crippen molar-refractivity contribution >= 4 is 0 Å². The predicted molar refractivity (Wildman–Crippen MR) is 84.6 cm³/mol. The lowest BCUT2D eigenvalue weighted by atomic mass is 9.87. The summed E-state index contributed by atoms with van der Waals surface area (Å²) in [5, 5.41) is 23.5. The second-order valence-electron chi connectivity index (χ2n) is 7.00. The third kappa shape index (κ3) is 2.95. The molecule has 0 radical (unpaired) electrons. The number of hydrogen-bond donors (Lipinski definition) is 3. The smallest absolute Gasteiger partial charge is 0.120 e. The molecule has 2 aliphatic rings. The number of benzene rings is 1. The van der Waals surface area contributed by atoms with Crippen molar-refractivity contribution in [2.24, 2.45) is 5.92 Å². The molecule has 3 heteroatoms. The minimum atomic E-state index is -0.0832. The largest absolute Gasteiger partial charge is 0.508 e. The predicted octanol–water partition coefficient (Wildman–Crippen LogP) is 3.39. The maximum absolute atomic E-state index is 10.2. The molecule has 2 aliphatic carbocycles. The standard InChI is InChI=1S/C18H27NO2/c1-11-3-8-16(21)18-15(9-12(2)17(11)18)19-10-13-4-6-14(20)7-5-13/h3,8,12-15,19-21H,4-7,9-10H2,1-2H3. The Labute approximate surface area is 127 Å². The van der Waals surface area contributed by atoms with Crippen molar-refractivity contribution in [3.8, 4) is 5.75 Å². The van der Waals surface area contributed by atoms with Crippen molar-refractivity contribution in [1.29, 1.82) is 0 Å². The fourth-order valence-corrected chi connectivity index (χ4v) is 4.19. The highest BCUT2D eigenvalue weighted by molar-refractivity contribution is 5.50. The summed E-state index contributed by atoms with van der Waals surface area (Å²) in [6.45, 7) is 5.39. The van der Waals surface area contributed by atoms with Gasteiger partial charge >= 0.3 is 0 Å². The summed E-state index contributed by atoms with van der Waals surface area (Å²) in [6, 6.07) is 4.13. The van der Waals surface area contributed by atoms with Crippen LogP contribution in [0.15, 0.2) is 12.1 Å². The Bertz CT molecular complexity index is 506. The van der Waals surface area contributed by atoms with E-state index < -0.39 is 0 Å². The van der Waals surface area contributed by atoms with Crippen LogP contribution in [0.1, 0.15) is 67.7 Å². The van der Waals surface area contributed by atoms with Gasteiger partial charge in [0.15, 0.2) is 0 Å². The fourth-order valence-electron chi connectivity index (χ4n) is 4.19. The number of nitrogens with one attached hydrogen (secondary N) is 1. The van der Waals surface area contributed by atoms with Crippen LogP contribution in [0.2, 0.25) is 0 Å². The first-order chi connectivity index (χ1) is 10.1. The lowest BCUT2D eigenvalue weighted by Crippen LogP contribution is -2.30. The minimum Gasteiger partial charge on any atom is -0.508 e. The lowest BCUT2D eigenvalue weighted by Gasteiger charge is -2.27. The molecule has 1 aromatic rings. The highest BCUT2D eigenvalue weighted by Gasteiger charge is 2.32. The van der Waals surface area contributed by atoms with Gasteiger partial charge in [0.2, 0.25) is 0 Å². The van der Waals surface area contributed by atoms with Crippen LogP contribution >= 0.6 is 0 Å². The van der Waals surface area contributed by atoms with Gasteiger partial charge in [0.05, 0.1) is 6.10 Å². The normalized spacial score (nSPS) is 32.1. The summed E-state index contributed by atoms with van der Waals surface area (Å²) >= 11 is 0. The molecule has 3 nitrogen and oxygen atoms in total. The summed E-state index contributed by atoms with van der Waals surface area (Å²) in [5.41, 5.74) is 3.75. The van der Waals surface area contributed by atoms with Gasteiger partial charge in [-0.15, -0.1) is 0 Å². The van der Waals surface area contributed by atoms with Gasteiger partial charge in [-0.1, -0.05) is 13.0 Å². The number of hydrogen-bond acceptors (Lipinski definition) is 3. The first-order valence-electron chi connectivity index (χ1n) is 8.30. The summed E-state index contributed by atoms with van der Waals surface area (Å²) in [7, 11) is 0. The van der Waals surface area contributed by atoms with Crippen LogP contribution in [0.5, 0.6) is 5.75 Å². The van der Waals surface area contributed by atoms with Crippen molar-refractivity contribution in [3.63, 3.8) is 0 Å². The van der Waals surface area contributed by atoms with Gasteiger partial charge in [0.25, 0.3) is 0 Å². The zero-order chi connectivity index (χ0) is 15.0. The Morgan fingerprint density at radius 1 is 1.14 bits per heavy atom. The van der Waals surface area contributed by atoms with E-state index in [1.54, 1.807) is 0 Å². The molecule has 0 aromatic heterocycles. The third-order valence-corrected chi connectivity index (χ3v) is 5.38. The number of aliphatic hydroxyl groups is 1. The van der Waals surface area contributed by atoms with Gasteiger partial charge < -0.3 is 15.5 Å². The number of fused-ring (bicyclic) bond motifs is 1. The fraction of sp³-hybridized carbons (Fsp3) is 0.667. The zero-order valence-corrected chi connectivity index (χ0v) is 13.1. The van der Waals surface area contributed by atoms with Gasteiger partial charge in [-0.3, -0.25) is 0 Å². The second-order valence-corrected chi connectivity index (χ2v) is 7.00. The van der Waals surface area contributed by atoms with Crippen LogP contribution in [-0.4, -0.2) is 22.9 Å². The first kappa shape index (κ1) is 14.9. The van der Waals surface area contributed by atoms with Gasteiger partial charge in [-0.2, -0.15) is 0 Å². The lowest BCUT2D eigenvalue weighted by molar-refractivity contribution is 0.107. The molecule has 2 atom stereocenters. The molecule has 21 heavy (non-hydrogen) atoms. The zero-order valence-electron chi connectivity index (χ0n) is 13.1. The third-order valence-electron chi connectivity index (χ3n) is 5.38. The van der Waals surface area contributed by atoms with Crippen LogP contribution in [-0.2, 0) is 0 Å². The van der Waals surface area contributed by atoms with E-state index in [1.807, 2.05) is 12.1 Å². The van der Waals surface area contributed by atoms with E-state index in [9.17, 15) is 10.2 Å². The number of aliphatic hydroxyl groups excluding tert-OH is 1. The molecule has 0 bridgehead atoms. The van der Waals surface area contributed by atoms with Crippen LogP contribution in [0, 0.1) is 12.8 Å². The number of phenols is 1. The van der Waals surface area contributed by atoms with Crippen molar-refractivity contribution < 1.29 is 10.2 Å². The van der Waals surface area contributed by atoms with Crippen molar-refractivity contribution in [3.05, 3.63) is 28.8 Å². The molecule has 0 amide bonds. The Kier molecular flexibility index (Phi) is 4.23. The topological polar surface area (TPSA) is 52.5 Å². The van der Waals surface area contributed by atoms with Crippen LogP contribution in [0.25, 0.3) is 0 Å². The van der Waals surface area contributed by atoms with Gasteiger partial charge in [-0.05, 0) is 74.6 Å². The monoisotopic (exact) mass is 289 g/mol. The first-order valence-corrected chi connectivity index (χ1v) is 8.30. The molecular weight excluding hydrogens is 262 g/mol. The average Bonchev–Trinajstić information content (AvgIpc) is 2.80. The van der Waals surface area contributed by atoms with Crippen LogP contribution in [0.3, 0.4) is 0 Å². The van der Waals surface area contributed by atoms with Gasteiger partial charge in [-0.25, -0.2) is 0 Å². The maximum atomic E-state index is 10.2. The van der Waals surface area contributed by atoms with Gasteiger partial charge in [0, 0.05) is 11.6 Å². The number of phenolic OH excluding ortho intramolecular Hbond substituents is 1. The molecule has 3 rings (SSSR count). The van der Waals surface area contributed by atoms with E-state index in [-0.39, 0.29) is 12.1 Å². The van der Waals surface area contributed by atoms with E-state index in [4.69, 9.17) is 0 Å². The van der Waals surface area contributed by atoms with Crippen LogP contribution < -0.4 is 5.32 Å². The SMILES string of the molecule is Cc1ccc(O)c2c1C(C)CC2NCC1CCC(O)CC1. The number of aryl methyl sites for hydroxylation is 1. The van der Waals surface area contributed by atoms with Crippen molar-refractivity contribution in [1.82, 2.24) is 5.32 Å². The Morgan fingerprint density at radius 3 is 2.57 bits per heavy atom. The molecule has 1 saturated carbocycles. The molecule has 0 spiro atoms. The molecule has 0 heterocycles. The highest BCUT2D eigenvalue weighted by atomic mass is 16.3. The summed E-state index contributed by atoms with van der Waals surface area (Å²) in [4.78, 5) is 0. The van der Waals surface area contributed by atoms with Crippen molar-refractivity contribution in [2.45, 2.75) is 64.0 Å². The molecule has 1 aromatic carbocycles. The van der Waals surface area contributed by atoms with E-state index in [1.165, 1.54) is 11.1 Å². The van der Waals surface area contributed by atoms with Gasteiger partial charge in [0.1, 0.15) is 5.75 Å². The second kappa shape index (κ2) is 5.98. The van der Waals surface area contributed by atoms with E-state index in [2.05, 4.69) is 19.2 Å². The Balaban J connectivity index is 1.68. The van der Waals surface area contributed by atoms with E-state index >= 15 is 0 Å². The molecule has 0 aliphatic heterocycles. The average molecular weight is 289 g/mol. The highest BCUT2D eigenvalue weighted by Crippen LogP contribution is 2.46. The summed E-state index contributed by atoms with van der Waals surface area (Å²) < 4.78 is 0. The Hall–Kier alpha value is -1.06. The summed E-state index contributed by atoms with van der Waals surface area (Å²) in [6.07, 6.45) is 5.10. The van der Waals surface area contributed by atoms with Crippen LogP contribution in [0.4, 0.5) is 0 Å². The number of aromatic hydroxyl groups is 1. The number of rotatable bonds is 3. The van der Waals surface area contributed by atoms with Crippen molar-refractivity contribution in [2.75, 3.05) is 6.54 Å². The van der Waals surface area contributed by atoms with E-state index in [0.717, 1.165) is 44.2 Å². The van der Waals surface area contributed by atoms with E-state index in [0.29, 0.717) is 17.6 Å². The molecular formula is C18H27NO2. The molecule has 116 valence electrons. The quantitative estimate of drug-likeness (QED) is 0.799. The molecule has 1 fully saturated rings. The maximum Gasteiger partial charge on any atom is 0.120 e.